The van der Waals surface area contributed by atoms with E-state index in [9.17, 15) is 4.79 Å². The van der Waals surface area contributed by atoms with E-state index in [1.54, 1.807) is 0 Å². The number of carbonyl (C=O) groups is 1. The van der Waals surface area contributed by atoms with Gasteiger partial charge in [0.25, 0.3) is 0 Å². The molecule has 0 heterocycles. The minimum atomic E-state index is -0.444. The van der Waals surface area contributed by atoms with Gasteiger partial charge in [-0.05, 0) is 66.0 Å². The molecule has 4 N–H and O–H groups in total. The molecule has 0 bridgehead atoms. The molecule has 118 valence electrons. The molecule has 20 heavy (non-hydrogen) atoms. The Morgan fingerprint density at radius 2 is 2.10 bits per heavy atom. The van der Waals surface area contributed by atoms with Crippen molar-refractivity contribution in [1.29, 1.82) is 0 Å². The van der Waals surface area contributed by atoms with Crippen LogP contribution in [0.4, 0.5) is 4.79 Å². The molecular weight excluding hydrogens is 254 g/mol. The minimum Gasteiger partial charge on any atom is -0.444 e. The Kier molecular flexibility index (Phi) is 6.76. The Bertz CT molecular complexity index is 302. The number of rotatable bonds is 6. The normalized spacial score (nSPS) is 24.4. The number of carbonyl (C=O) groups excluding carboxylic acids is 1. The fourth-order valence-electron chi connectivity index (χ4n) is 2.65. The number of hydrogen-bond acceptors (Lipinski definition) is 4. The van der Waals surface area contributed by atoms with Gasteiger partial charge in [0, 0.05) is 12.1 Å². The van der Waals surface area contributed by atoms with Gasteiger partial charge in [-0.1, -0.05) is 6.42 Å². The molecule has 1 rings (SSSR count). The summed E-state index contributed by atoms with van der Waals surface area (Å²) >= 11 is 0. The predicted molar refractivity (Wildman–Crippen MR) is 81.6 cm³/mol. The van der Waals surface area contributed by atoms with E-state index >= 15 is 0 Å². The van der Waals surface area contributed by atoms with E-state index in [1.165, 1.54) is 19.3 Å². The molecule has 3 atom stereocenters. The van der Waals surface area contributed by atoms with E-state index in [1.807, 2.05) is 27.7 Å². The number of amides is 1. The summed E-state index contributed by atoms with van der Waals surface area (Å²) in [5, 5.41) is 6.42. The zero-order valence-corrected chi connectivity index (χ0v) is 13.4. The van der Waals surface area contributed by atoms with Crippen LogP contribution in [-0.4, -0.2) is 36.9 Å². The van der Waals surface area contributed by atoms with Crippen LogP contribution in [-0.2, 0) is 4.74 Å². The SMILES string of the molecule is CC(CCNC1CCCC1CN)NC(=O)OC(C)(C)C. The zero-order chi connectivity index (χ0) is 15.2. The lowest BCUT2D eigenvalue weighted by Crippen LogP contribution is -2.41. The van der Waals surface area contributed by atoms with Gasteiger partial charge in [-0.15, -0.1) is 0 Å². The zero-order valence-electron chi connectivity index (χ0n) is 13.4. The summed E-state index contributed by atoms with van der Waals surface area (Å²) in [6, 6.07) is 0.656. The second-order valence-electron chi connectivity index (χ2n) is 6.82. The van der Waals surface area contributed by atoms with Gasteiger partial charge in [-0.3, -0.25) is 0 Å². The minimum absolute atomic E-state index is 0.107. The molecule has 0 spiro atoms. The van der Waals surface area contributed by atoms with Gasteiger partial charge >= 0.3 is 6.09 Å². The molecule has 0 saturated heterocycles. The van der Waals surface area contributed by atoms with Crippen molar-refractivity contribution >= 4 is 6.09 Å². The molecule has 1 amide bonds. The van der Waals surface area contributed by atoms with Crippen LogP contribution >= 0.6 is 0 Å². The number of nitrogens with one attached hydrogen (secondary N) is 2. The monoisotopic (exact) mass is 285 g/mol. The maximum Gasteiger partial charge on any atom is 0.407 e. The Labute approximate surface area is 123 Å². The highest BCUT2D eigenvalue weighted by Crippen LogP contribution is 2.24. The number of alkyl carbamates (subject to hydrolysis) is 1. The van der Waals surface area contributed by atoms with Gasteiger partial charge in [0.15, 0.2) is 0 Å². The van der Waals surface area contributed by atoms with Crippen LogP contribution < -0.4 is 16.4 Å². The second-order valence-corrected chi connectivity index (χ2v) is 6.82. The molecule has 1 fully saturated rings. The number of nitrogens with two attached hydrogens (primary N) is 1. The molecule has 1 aliphatic rings. The third-order valence-corrected chi connectivity index (χ3v) is 3.71. The van der Waals surface area contributed by atoms with E-state index in [-0.39, 0.29) is 12.1 Å². The predicted octanol–water partition coefficient (Wildman–Crippen LogP) is 2.01. The lowest BCUT2D eigenvalue weighted by Gasteiger charge is -2.23. The van der Waals surface area contributed by atoms with E-state index in [2.05, 4.69) is 10.6 Å². The molecular formula is C15H31N3O2. The fourth-order valence-corrected chi connectivity index (χ4v) is 2.65. The third kappa shape index (κ3) is 6.57. The molecule has 1 saturated carbocycles. The Hall–Kier alpha value is -0.810. The summed E-state index contributed by atoms with van der Waals surface area (Å²) in [5.41, 5.74) is 5.32. The van der Waals surface area contributed by atoms with Crippen molar-refractivity contribution in [2.24, 2.45) is 11.7 Å². The first kappa shape index (κ1) is 17.2. The average Bonchev–Trinajstić information content (AvgIpc) is 2.73. The standard InChI is InChI=1S/C15H31N3O2/c1-11(18-14(19)20-15(2,3)4)8-9-17-13-7-5-6-12(13)10-16/h11-13,17H,5-10,16H2,1-4H3,(H,18,19). The average molecular weight is 285 g/mol. The maximum atomic E-state index is 11.6. The summed E-state index contributed by atoms with van der Waals surface area (Å²) < 4.78 is 5.24. The fraction of sp³-hybridized carbons (Fsp3) is 0.933. The van der Waals surface area contributed by atoms with Crippen LogP contribution in [0.5, 0.6) is 0 Å². The number of ether oxygens (including phenoxy) is 1. The topological polar surface area (TPSA) is 76.4 Å². The molecule has 1 aliphatic carbocycles. The highest BCUT2D eigenvalue weighted by Gasteiger charge is 2.25. The van der Waals surface area contributed by atoms with Gasteiger partial charge < -0.3 is 21.1 Å². The third-order valence-electron chi connectivity index (χ3n) is 3.71. The van der Waals surface area contributed by atoms with Crippen molar-refractivity contribution in [2.75, 3.05) is 13.1 Å². The Morgan fingerprint density at radius 1 is 1.40 bits per heavy atom. The maximum absolute atomic E-state index is 11.6. The van der Waals surface area contributed by atoms with Crippen molar-refractivity contribution in [1.82, 2.24) is 10.6 Å². The molecule has 3 unspecified atom stereocenters. The van der Waals surface area contributed by atoms with E-state index in [0.29, 0.717) is 12.0 Å². The Balaban J connectivity index is 2.17. The van der Waals surface area contributed by atoms with Crippen molar-refractivity contribution in [2.45, 2.75) is 71.1 Å². The molecule has 5 nitrogen and oxygen atoms in total. The Morgan fingerprint density at radius 3 is 2.70 bits per heavy atom. The largest absolute Gasteiger partial charge is 0.444 e. The lowest BCUT2D eigenvalue weighted by atomic mass is 10.0. The first-order valence-electron chi connectivity index (χ1n) is 7.75. The van der Waals surface area contributed by atoms with Crippen molar-refractivity contribution in [3.63, 3.8) is 0 Å². The van der Waals surface area contributed by atoms with Gasteiger partial charge in [-0.2, -0.15) is 0 Å². The molecule has 0 aromatic rings. The first-order valence-corrected chi connectivity index (χ1v) is 7.75. The van der Waals surface area contributed by atoms with Crippen molar-refractivity contribution in [3.8, 4) is 0 Å². The summed E-state index contributed by atoms with van der Waals surface area (Å²) in [4.78, 5) is 11.6. The van der Waals surface area contributed by atoms with Crippen molar-refractivity contribution < 1.29 is 9.53 Å². The lowest BCUT2D eigenvalue weighted by molar-refractivity contribution is 0.0506. The van der Waals surface area contributed by atoms with E-state index in [0.717, 1.165) is 19.5 Å². The van der Waals surface area contributed by atoms with Crippen LogP contribution in [0, 0.1) is 5.92 Å². The summed E-state index contributed by atoms with van der Waals surface area (Å²) in [6.07, 6.45) is 4.28. The van der Waals surface area contributed by atoms with Gasteiger partial charge in [-0.25, -0.2) is 4.79 Å². The van der Waals surface area contributed by atoms with Gasteiger partial charge in [0.1, 0.15) is 5.60 Å². The van der Waals surface area contributed by atoms with Crippen LogP contribution in [0.1, 0.15) is 53.4 Å². The van der Waals surface area contributed by atoms with E-state index in [4.69, 9.17) is 10.5 Å². The smallest absolute Gasteiger partial charge is 0.407 e. The summed E-state index contributed by atoms with van der Waals surface area (Å²) in [5.74, 6) is 0.615. The quantitative estimate of drug-likeness (QED) is 0.697. The molecule has 5 heteroatoms. The highest BCUT2D eigenvalue weighted by molar-refractivity contribution is 5.67. The molecule has 0 aromatic heterocycles. The number of hydrogen-bond donors (Lipinski definition) is 3. The van der Waals surface area contributed by atoms with Crippen LogP contribution in [0.3, 0.4) is 0 Å². The molecule has 0 aromatic carbocycles. The first-order chi connectivity index (χ1) is 9.31. The van der Waals surface area contributed by atoms with Gasteiger partial charge in [0.05, 0.1) is 0 Å². The van der Waals surface area contributed by atoms with Crippen LogP contribution in [0.2, 0.25) is 0 Å². The summed E-state index contributed by atoms with van der Waals surface area (Å²) in [6.45, 7) is 9.27. The van der Waals surface area contributed by atoms with E-state index < -0.39 is 5.60 Å². The summed E-state index contributed by atoms with van der Waals surface area (Å²) in [7, 11) is 0. The highest BCUT2D eigenvalue weighted by atomic mass is 16.6. The molecule has 0 radical (unpaired) electrons. The van der Waals surface area contributed by atoms with Crippen LogP contribution in [0.25, 0.3) is 0 Å². The molecule has 0 aliphatic heterocycles. The van der Waals surface area contributed by atoms with Gasteiger partial charge in [0.2, 0.25) is 0 Å². The van der Waals surface area contributed by atoms with Crippen LogP contribution in [0.15, 0.2) is 0 Å². The second kappa shape index (κ2) is 7.84. The van der Waals surface area contributed by atoms with Crippen molar-refractivity contribution in [3.05, 3.63) is 0 Å².